The van der Waals surface area contributed by atoms with Gasteiger partial charge in [0.05, 0.1) is 12.7 Å². The Morgan fingerprint density at radius 3 is 2.82 bits per heavy atom. The summed E-state index contributed by atoms with van der Waals surface area (Å²) in [6, 6.07) is 8.18. The minimum Gasteiger partial charge on any atom is -0.493 e. The summed E-state index contributed by atoms with van der Waals surface area (Å²) in [5, 5.41) is 8.43. The summed E-state index contributed by atoms with van der Waals surface area (Å²) in [4.78, 5) is 0. The Kier molecular flexibility index (Phi) is 5.51. The Morgan fingerprint density at radius 2 is 2.18 bits per heavy atom. The van der Waals surface area contributed by atoms with Gasteiger partial charge in [0, 0.05) is 18.0 Å². The van der Waals surface area contributed by atoms with E-state index in [1.807, 2.05) is 32.0 Å². The Bertz CT molecular complexity index is 394. The van der Waals surface area contributed by atoms with Gasteiger partial charge in [0.2, 0.25) is 0 Å². The number of nitrogens with zero attached hydrogens (tertiary/aromatic N) is 1. The van der Waals surface area contributed by atoms with Crippen molar-refractivity contribution in [3.63, 3.8) is 0 Å². The molecule has 1 atom stereocenters. The molecule has 1 rings (SSSR count). The molecule has 0 saturated heterocycles. The van der Waals surface area contributed by atoms with Crippen molar-refractivity contribution >= 4 is 0 Å². The molecule has 1 aromatic rings. The van der Waals surface area contributed by atoms with Gasteiger partial charge in [-0.05, 0) is 38.3 Å². The van der Waals surface area contributed by atoms with Gasteiger partial charge in [-0.1, -0.05) is 12.1 Å². The van der Waals surface area contributed by atoms with Crippen molar-refractivity contribution < 1.29 is 4.74 Å². The van der Waals surface area contributed by atoms with E-state index < -0.39 is 0 Å². The first-order chi connectivity index (χ1) is 8.15. The molecule has 92 valence electrons. The van der Waals surface area contributed by atoms with Crippen LogP contribution >= 0.6 is 0 Å². The first-order valence-corrected chi connectivity index (χ1v) is 6.01. The lowest BCUT2D eigenvalue weighted by molar-refractivity contribution is 0.303. The Morgan fingerprint density at radius 1 is 1.41 bits per heavy atom. The highest BCUT2D eigenvalue weighted by atomic mass is 16.5. The minimum atomic E-state index is -0.0234. The van der Waals surface area contributed by atoms with Crippen LogP contribution in [0.15, 0.2) is 18.2 Å². The van der Waals surface area contributed by atoms with Gasteiger partial charge in [-0.25, -0.2) is 0 Å². The number of hydrogen-bond acceptors (Lipinski definition) is 3. The number of unbranched alkanes of at least 4 members (excludes halogenated alkanes) is 2. The molecule has 0 heterocycles. The molecule has 0 amide bonds. The molecule has 0 fully saturated rings. The third-order valence-corrected chi connectivity index (χ3v) is 2.60. The van der Waals surface area contributed by atoms with Crippen molar-refractivity contribution in [2.24, 2.45) is 5.73 Å². The molecule has 0 aliphatic carbocycles. The smallest absolute Gasteiger partial charge is 0.124 e. The van der Waals surface area contributed by atoms with Crippen molar-refractivity contribution in [3.8, 4) is 11.8 Å². The second-order valence-corrected chi connectivity index (χ2v) is 4.29. The van der Waals surface area contributed by atoms with E-state index in [0.29, 0.717) is 13.0 Å². The van der Waals surface area contributed by atoms with Gasteiger partial charge in [-0.15, -0.1) is 0 Å². The van der Waals surface area contributed by atoms with Crippen molar-refractivity contribution in [1.29, 1.82) is 5.26 Å². The molecule has 0 saturated carbocycles. The van der Waals surface area contributed by atoms with Gasteiger partial charge in [0.15, 0.2) is 0 Å². The van der Waals surface area contributed by atoms with Gasteiger partial charge in [0.1, 0.15) is 5.75 Å². The van der Waals surface area contributed by atoms with Crippen LogP contribution < -0.4 is 10.5 Å². The quantitative estimate of drug-likeness (QED) is 0.767. The zero-order valence-corrected chi connectivity index (χ0v) is 10.6. The highest BCUT2D eigenvalue weighted by Gasteiger charge is 2.07. The molecule has 0 spiro atoms. The predicted octanol–water partition coefficient (Wildman–Crippen LogP) is 3.09. The molecule has 0 unspecified atom stereocenters. The van der Waals surface area contributed by atoms with E-state index in [4.69, 9.17) is 15.7 Å². The Labute approximate surface area is 103 Å². The van der Waals surface area contributed by atoms with Crippen LogP contribution in [-0.4, -0.2) is 6.61 Å². The SMILES string of the molecule is Cc1ccc([C@@H](C)N)c(OCCCCC#N)c1. The number of ether oxygens (including phenoxy) is 1. The fraction of sp³-hybridized carbons (Fsp3) is 0.500. The van der Waals surface area contributed by atoms with Crippen LogP contribution in [0.1, 0.15) is 43.4 Å². The van der Waals surface area contributed by atoms with E-state index in [9.17, 15) is 0 Å². The normalized spacial score (nSPS) is 11.9. The number of nitrogens with two attached hydrogens (primary N) is 1. The van der Waals surface area contributed by atoms with E-state index in [-0.39, 0.29) is 6.04 Å². The van der Waals surface area contributed by atoms with Crippen LogP contribution in [0.3, 0.4) is 0 Å². The average molecular weight is 232 g/mol. The highest BCUT2D eigenvalue weighted by molar-refractivity contribution is 5.38. The van der Waals surface area contributed by atoms with Crippen LogP contribution in [0.25, 0.3) is 0 Å². The summed E-state index contributed by atoms with van der Waals surface area (Å²) in [5.74, 6) is 0.872. The topological polar surface area (TPSA) is 59.0 Å². The van der Waals surface area contributed by atoms with Crippen molar-refractivity contribution in [1.82, 2.24) is 0 Å². The number of benzene rings is 1. The number of nitriles is 1. The predicted molar refractivity (Wildman–Crippen MR) is 68.7 cm³/mol. The highest BCUT2D eigenvalue weighted by Crippen LogP contribution is 2.25. The average Bonchev–Trinajstić information content (AvgIpc) is 2.28. The van der Waals surface area contributed by atoms with E-state index in [1.165, 1.54) is 5.56 Å². The first kappa shape index (κ1) is 13.5. The monoisotopic (exact) mass is 232 g/mol. The third kappa shape index (κ3) is 4.46. The summed E-state index contributed by atoms with van der Waals surface area (Å²) in [6.45, 7) is 4.63. The van der Waals surface area contributed by atoms with Crippen LogP contribution in [0.4, 0.5) is 0 Å². The third-order valence-electron chi connectivity index (χ3n) is 2.60. The molecular formula is C14H20N2O. The Balaban J connectivity index is 2.57. The van der Waals surface area contributed by atoms with E-state index in [0.717, 1.165) is 24.2 Å². The lowest BCUT2D eigenvalue weighted by atomic mass is 10.1. The fourth-order valence-corrected chi connectivity index (χ4v) is 1.63. The molecule has 0 aliphatic rings. The Hall–Kier alpha value is -1.53. The zero-order valence-electron chi connectivity index (χ0n) is 10.6. The largest absolute Gasteiger partial charge is 0.493 e. The summed E-state index contributed by atoms with van der Waals surface area (Å²) in [7, 11) is 0. The van der Waals surface area contributed by atoms with E-state index in [1.54, 1.807) is 0 Å². The first-order valence-electron chi connectivity index (χ1n) is 6.01. The van der Waals surface area contributed by atoms with Crippen LogP contribution in [0, 0.1) is 18.3 Å². The van der Waals surface area contributed by atoms with E-state index in [2.05, 4.69) is 6.07 Å². The van der Waals surface area contributed by atoms with Crippen LogP contribution in [0.2, 0.25) is 0 Å². The molecule has 0 radical (unpaired) electrons. The number of aryl methyl sites for hydroxylation is 1. The maximum atomic E-state index is 8.43. The minimum absolute atomic E-state index is 0.0234. The fourth-order valence-electron chi connectivity index (χ4n) is 1.63. The summed E-state index contributed by atoms with van der Waals surface area (Å²) >= 11 is 0. The van der Waals surface area contributed by atoms with Crippen LogP contribution in [0.5, 0.6) is 5.75 Å². The standard InChI is InChI=1S/C14H20N2O/c1-11-6-7-13(12(2)16)14(10-11)17-9-5-3-4-8-15/h6-7,10,12H,3-5,9,16H2,1-2H3/t12-/m1/s1. The summed E-state index contributed by atoms with van der Waals surface area (Å²) in [5.41, 5.74) is 8.10. The second kappa shape index (κ2) is 6.93. The molecule has 17 heavy (non-hydrogen) atoms. The van der Waals surface area contributed by atoms with Gasteiger partial charge in [-0.2, -0.15) is 5.26 Å². The maximum Gasteiger partial charge on any atom is 0.124 e. The van der Waals surface area contributed by atoms with Crippen molar-refractivity contribution in [3.05, 3.63) is 29.3 Å². The molecule has 2 N–H and O–H groups in total. The maximum absolute atomic E-state index is 8.43. The molecule has 0 bridgehead atoms. The lowest BCUT2D eigenvalue weighted by Crippen LogP contribution is -2.09. The van der Waals surface area contributed by atoms with Crippen LogP contribution in [-0.2, 0) is 0 Å². The molecule has 3 heteroatoms. The summed E-state index contributed by atoms with van der Waals surface area (Å²) in [6.07, 6.45) is 2.38. The van der Waals surface area contributed by atoms with Gasteiger partial charge in [0.25, 0.3) is 0 Å². The summed E-state index contributed by atoms with van der Waals surface area (Å²) < 4.78 is 5.74. The van der Waals surface area contributed by atoms with Gasteiger partial charge < -0.3 is 10.5 Å². The molecule has 0 aromatic heterocycles. The molecular weight excluding hydrogens is 212 g/mol. The molecule has 1 aromatic carbocycles. The zero-order chi connectivity index (χ0) is 12.7. The van der Waals surface area contributed by atoms with Crippen molar-refractivity contribution in [2.75, 3.05) is 6.61 Å². The molecule has 0 aliphatic heterocycles. The lowest BCUT2D eigenvalue weighted by Gasteiger charge is -2.14. The second-order valence-electron chi connectivity index (χ2n) is 4.29. The molecule has 3 nitrogen and oxygen atoms in total. The number of hydrogen-bond donors (Lipinski definition) is 1. The van der Waals surface area contributed by atoms with Gasteiger partial charge >= 0.3 is 0 Å². The van der Waals surface area contributed by atoms with Gasteiger partial charge in [-0.3, -0.25) is 0 Å². The van der Waals surface area contributed by atoms with E-state index >= 15 is 0 Å². The van der Waals surface area contributed by atoms with Crippen molar-refractivity contribution in [2.45, 2.75) is 39.2 Å². The number of rotatable bonds is 6.